The molecule has 19 heavy (non-hydrogen) atoms. The SMILES string of the molecule is COC[C@H](OC)[C@H](OC)c1ccc(S(C)(=O)=O)cc1. The number of benzene rings is 1. The molecule has 1 aromatic carbocycles. The molecule has 0 saturated carbocycles. The molecule has 0 amide bonds. The zero-order chi connectivity index (χ0) is 14.5. The van der Waals surface area contributed by atoms with Crippen molar-refractivity contribution in [3.8, 4) is 0 Å². The number of hydrogen-bond acceptors (Lipinski definition) is 5. The lowest BCUT2D eigenvalue weighted by atomic mass is 10.0. The maximum atomic E-state index is 11.4. The highest BCUT2D eigenvalue weighted by Crippen LogP contribution is 2.24. The van der Waals surface area contributed by atoms with Crippen LogP contribution in [-0.2, 0) is 24.0 Å². The molecule has 2 atom stereocenters. The average molecular weight is 288 g/mol. The topological polar surface area (TPSA) is 61.8 Å². The molecule has 0 radical (unpaired) electrons. The lowest BCUT2D eigenvalue weighted by molar-refractivity contribution is -0.0696. The summed E-state index contributed by atoms with van der Waals surface area (Å²) >= 11 is 0. The van der Waals surface area contributed by atoms with Gasteiger partial charge in [0, 0.05) is 27.6 Å². The number of ether oxygens (including phenoxy) is 3. The van der Waals surface area contributed by atoms with E-state index in [-0.39, 0.29) is 17.1 Å². The van der Waals surface area contributed by atoms with E-state index in [2.05, 4.69) is 0 Å². The van der Waals surface area contributed by atoms with Crippen LogP contribution >= 0.6 is 0 Å². The fourth-order valence-corrected chi connectivity index (χ4v) is 2.48. The number of rotatable bonds is 7. The fraction of sp³-hybridized carbons (Fsp3) is 0.538. The van der Waals surface area contributed by atoms with Crippen LogP contribution in [0.5, 0.6) is 0 Å². The van der Waals surface area contributed by atoms with Crippen LogP contribution in [0.1, 0.15) is 11.7 Å². The minimum Gasteiger partial charge on any atom is -0.382 e. The Morgan fingerprint density at radius 2 is 1.63 bits per heavy atom. The van der Waals surface area contributed by atoms with Crippen molar-refractivity contribution in [2.75, 3.05) is 34.2 Å². The van der Waals surface area contributed by atoms with E-state index in [9.17, 15) is 8.42 Å². The molecule has 0 heterocycles. The molecule has 0 aliphatic heterocycles. The first-order chi connectivity index (χ1) is 8.93. The minimum absolute atomic E-state index is 0.251. The van der Waals surface area contributed by atoms with Gasteiger partial charge in [-0.3, -0.25) is 0 Å². The van der Waals surface area contributed by atoms with Gasteiger partial charge in [0.25, 0.3) is 0 Å². The molecule has 6 heteroatoms. The molecule has 0 unspecified atom stereocenters. The van der Waals surface area contributed by atoms with Crippen molar-refractivity contribution in [2.45, 2.75) is 17.1 Å². The van der Waals surface area contributed by atoms with Gasteiger partial charge in [0.2, 0.25) is 0 Å². The van der Waals surface area contributed by atoms with Crippen LogP contribution in [0.25, 0.3) is 0 Å². The molecule has 108 valence electrons. The zero-order valence-corrected chi connectivity index (χ0v) is 12.4. The standard InChI is InChI=1S/C13H20O5S/c1-16-9-12(17-2)13(18-3)10-5-7-11(8-6-10)19(4,14)15/h5-8,12-13H,9H2,1-4H3/t12-,13+/m0/s1. The van der Waals surface area contributed by atoms with Gasteiger partial charge in [-0.05, 0) is 17.7 Å². The van der Waals surface area contributed by atoms with E-state index >= 15 is 0 Å². The van der Waals surface area contributed by atoms with Gasteiger partial charge < -0.3 is 14.2 Å². The number of methoxy groups -OCH3 is 3. The maximum absolute atomic E-state index is 11.4. The van der Waals surface area contributed by atoms with Crippen LogP contribution in [-0.4, -0.2) is 48.7 Å². The van der Waals surface area contributed by atoms with Crippen molar-refractivity contribution in [3.63, 3.8) is 0 Å². The maximum Gasteiger partial charge on any atom is 0.175 e. The van der Waals surface area contributed by atoms with Crippen LogP contribution in [0, 0.1) is 0 Å². The Kier molecular flexibility index (Phi) is 5.93. The number of sulfone groups is 1. The highest BCUT2D eigenvalue weighted by Gasteiger charge is 2.23. The summed E-state index contributed by atoms with van der Waals surface area (Å²) in [6.45, 7) is 0.392. The Hall–Kier alpha value is -0.950. The summed E-state index contributed by atoms with van der Waals surface area (Å²) in [5.74, 6) is 0. The third-order valence-corrected chi connectivity index (χ3v) is 3.99. The highest BCUT2D eigenvalue weighted by atomic mass is 32.2. The third kappa shape index (κ3) is 4.28. The molecule has 1 rings (SSSR count). The summed E-state index contributed by atoms with van der Waals surface area (Å²) in [5.41, 5.74) is 0.846. The van der Waals surface area contributed by atoms with Crippen LogP contribution in [0.4, 0.5) is 0 Å². The molecule has 0 fully saturated rings. The van der Waals surface area contributed by atoms with Gasteiger partial charge in [0.05, 0.1) is 11.5 Å². The lowest BCUT2D eigenvalue weighted by Crippen LogP contribution is -2.27. The summed E-state index contributed by atoms with van der Waals surface area (Å²) < 4.78 is 38.6. The molecule has 0 aromatic heterocycles. The second kappa shape index (κ2) is 7.00. The first-order valence-corrected chi connectivity index (χ1v) is 7.67. The van der Waals surface area contributed by atoms with E-state index in [1.165, 1.54) is 6.26 Å². The number of hydrogen-bond donors (Lipinski definition) is 0. The monoisotopic (exact) mass is 288 g/mol. The second-order valence-electron chi connectivity index (χ2n) is 4.23. The van der Waals surface area contributed by atoms with Gasteiger partial charge in [-0.25, -0.2) is 8.42 Å². The Labute approximate surface area is 114 Å². The molecule has 0 saturated heterocycles. The van der Waals surface area contributed by atoms with E-state index < -0.39 is 9.84 Å². The molecule has 0 N–H and O–H groups in total. The Balaban J connectivity index is 2.99. The average Bonchev–Trinajstić information content (AvgIpc) is 2.38. The largest absolute Gasteiger partial charge is 0.382 e. The highest BCUT2D eigenvalue weighted by molar-refractivity contribution is 7.90. The van der Waals surface area contributed by atoms with E-state index in [0.717, 1.165) is 5.56 Å². The van der Waals surface area contributed by atoms with Gasteiger partial charge in [0.15, 0.2) is 9.84 Å². The van der Waals surface area contributed by atoms with Gasteiger partial charge in [0.1, 0.15) is 12.2 Å². The molecular weight excluding hydrogens is 268 g/mol. The van der Waals surface area contributed by atoms with Crippen LogP contribution in [0.2, 0.25) is 0 Å². The first kappa shape index (κ1) is 16.1. The smallest absolute Gasteiger partial charge is 0.175 e. The summed E-state index contributed by atoms with van der Waals surface area (Å²) in [4.78, 5) is 0.284. The summed E-state index contributed by atoms with van der Waals surface area (Å²) in [5, 5.41) is 0. The summed E-state index contributed by atoms with van der Waals surface area (Å²) in [6, 6.07) is 6.59. The molecule has 0 aliphatic carbocycles. The first-order valence-electron chi connectivity index (χ1n) is 5.78. The zero-order valence-electron chi connectivity index (χ0n) is 11.6. The van der Waals surface area contributed by atoms with Gasteiger partial charge in [-0.15, -0.1) is 0 Å². The van der Waals surface area contributed by atoms with Crippen LogP contribution < -0.4 is 0 Å². The normalized spacial score (nSPS) is 15.2. The molecular formula is C13H20O5S. The molecule has 5 nitrogen and oxygen atoms in total. The Morgan fingerprint density at radius 3 is 2.00 bits per heavy atom. The van der Waals surface area contributed by atoms with Crippen molar-refractivity contribution in [1.82, 2.24) is 0 Å². The Morgan fingerprint density at radius 1 is 1.05 bits per heavy atom. The van der Waals surface area contributed by atoms with Gasteiger partial charge in [-0.2, -0.15) is 0 Å². The van der Waals surface area contributed by atoms with Crippen LogP contribution in [0.15, 0.2) is 29.2 Å². The van der Waals surface area contributed by atoms with E-state index in [4.69, 9.17) is 14.2 Å². The summed E-state index contributed by atoms with van der Waals surface area (Å²) in [6.07, 6.45) is 0.622. The second-order valence-corrected chi connectivity index (χ2v) is 6.24. The summed E-state index contributed by atoms with van der Waals surface area (Å²) in [7, 11) is 1.57. The van der Waals surface area contributed by atoms with Crippen molar-refractivity contribution >= 4 is 9.84 Å². The Bertz CT molecular complexity index is 480. The molecule has 1 aromatic rings. The van der Waals surface area contributed by atoms with Gasteiger partial charge in [-0.1, -0.05) is 12.1 Å². The lowest BCUT2D eigenvalue weighted by Gasteiger charge is -2.24. The fourth-order valence-electron chi connectivity index (χ4n) is 1.85. The van der Waals surface area contributed by atoms with E-state index in [1.54, 1.807) is 45.6 Å². The van der Waals surface area contributed by atoms with E-state index in [1.807, 2.05) is 0 Å². The van der Waals surface area contributed by atoms with Crippen molar-refractivity contribution in [3.05, 3.63) is 29.8 Å². The van der Waals surface area contributed by atoms with Crippen molar-refractivity contribution < 1.29 is 22.6 Å². The van der Waals surface area contributed by atoms with Crippen molar-refractivity contribution in [1.29, 1.82) is 0 Å². The molecule has 0 spiro atoms. The van der Waals surface area contributed by atoms with Crippen LogP contribution in [0.3, 0.4) is 0 Å². The quantitative estimate of drug-likeness (QED) is 0.759. The third-order valence-electron chi connectivity index (χ3n) is 2.86. The minimum atomic E-state index is -3.18. The molecule has 0 aliphatic rings. The van der Waals surface area contributed by atoms with E-state index in [0.29, 0.717) is 6.61 Å². The predicted octanol–water partition coefficient (Wildman–Crippen LogP) is 1.44. The molecule has 0 bridgehead atoms. The predicted molar refractivity (Wildman–Crippen MR) is 72.0 cm³/mol. The van der Waals surface area contributed by atoms with Gasteiger partial charge >= 0.3 is 0 Å². The van der Waals surface area contributed by atoms with Crippen molar-refractivity contribution in [2.24, 2.45) is 0 Å².